The number of hydrogen-bond donors (Lipinski definition) is 0. The maximum Gasteiger partial charge on any atom is 0.137 e. The highest BCUT2D eigenvalue weighted by atomic mass is 16.3. The molecule has 1 heterocycles. The predicted octanol–water partition coefficient (Wildman–Crippen LogP) is 13.8. The summed E-state index contributed by atoms with van der Waals surface area (Å²) in [5.41, 5.74) is 9.76. The van der Waals surface area contributed by atoms with Crippen LogP contribution in [0.25, 0.3) is 76.5 Å². The van der Waals surface area contributed by atoms with E-state index in [4.69, 9.17) is 4.42 Å². The van der Waals surface area contributed by atoms with Crippen LogP contribution in [0.1, 0.15) is 0 Å². The van der Waals surface area contributed by atoms with Crippen LogP contribution in [0.2, 0.25) is 0 Å². The second-order valence-electron chi connectivity index (χ2n) is 13.0. The average molecular weight is 638 g/mol. The molecule has 0 atom stereocenters. The molecule has 10 rings (SSSR count). The summed E-state index contributed by atoms with van der Waals surface area (Å²) in [6, 6.07) is 67.6. The second-order valence-corrected chi connectivity index (χ2v) is 13.0. The minimum Gasteiger partial charge on any atom is -0.456 e. The zero-order valence-corrected chi connectivity index (χ0v) is 27.3. The minimum atomic E-state index is 0.874. The van der Waals surface area contributed by atoms with Crippen LogP contribution in [0.4, 0.5) is 17.1 Å². The summed E-state index contributed by atoms with van der Waals surface area (Å²) in [6.45, 7) is 0. The zero-order valence-electron chi connectivity index (χ0n) is 27.3. The molecule has 0 aliphatic rings. The number of benzene rings is 9. The second kappa shape index (κ2) is 11.5. The van der Waals surface area contributed by atoms with Gasteiger partial charge in [0.1, 0.15) is 11.2 Å². The van der Waals surface area contributed by atoms with Gasteiger partial charge in [0.05, 0.1) is 0 Å². The molecule has 2 nitrogen and oxygen atoms in total. The molecule has 0 bridgehead atoms. The van der Waals surface area contributed by atoms with E-state index in [9.17, 15) is 0 Å². The molecule has 0 fully saturated rings. The maximum atomic E-state index is 6.39. The zero-order chi connectivity index (χ0) is 33.0. The summed E-state index contributed by atoms with van der Waals surface area (Å²) < 4.78 is 6.39. The SMILES string of the molecule is c1cc(-c2cccc(N(c3ccc4c(ccc5ccccc54)c3)c3ccc4c(c3)oc3ccccc34)c2)cc(-c2cccc3ccccc23)c1. The molecule has 10 aromatic rings. The molecule has 1 aromatic heterocycles. The Morgan fingerprint density at radius 3 is 1.74 bits per heavy atom. The standard InChI is InChI=1S/C48H31NO/c1-3-17-41-32(10-1)12-9-20-43(41)36-15-7-13-34(28-36)35-14-8-16-38(29-35)49(40-25-27-46-45-19-5-6-21-47(45)50-48(46)31-40)39-24-26-44-37(30-39)23-22-33-11-2-4-18-42(33)44/h1-31H. The quantitative estimate of drug-likeness (QED) is 0.175. The van der Waals surface area contributed by atoms with E-state index in [1.165, 1.54) is 49.0 Å². The summed E-state index contributed by atoms with van der Waals surface area (Å²) in [7, 11) is 0. The Morgan fingerprint density at radius 1 is 0.300 bits per heavy atom. The molecular weight excluding hydrogens is 607 g/mol. The lowest BCUT2D eigenvalue weighted by molar-refractivity contribution is 0.669. The summed E-state index contributed by atoms with van der Waals surface area (Å²) in [5.74, 6) is 0. The Bertz CT molecular complexity index is 2890. The van der Waals surface area contributed by atoms with E-state index in [1.807, 2.05) is 12.1 Å². The van der Waals surface area contributed by atoms with Crippen LogP contribution < -0.4 is 4.90 Å². The molecule has 0 amide bonds. The maximum absolute atomic E-state index is 6.39. The Labute approximate surface area is 290 Å². The van der Waals surface area contributed by atoms with Gasteiger partial charge in [-0.25, -0.2) is 0 Å². The summed E-state index contributed by atoms with van der Waals surface area (Å²) >= 11 is 0. The number of anilines is 3. The first kappa shape index (κ1) is 28.4. The van der Waals surface area contributed by atoms with Crippen LogP contribution in [0.5, 0.6) is 0 Å². The lowest BCUT2D eigenvalue weighted by Gasteiger charge is -2.26. The molecule has 9 aromatic carbocycles. The molecule has 0 aliphatic carbocycles. The number of nitrogens with zero attached hydrogens (tertiary/aromatic N) is 1. The molecule has 0 saturated carbocycles. The Balaban J connectivity index is 1.13. The van der Waals surface area contributed by atoms with Gasteiger partial charge in [-0.15, -0.1) is 0 Å². The van der Waals surface area contributed by atoms with Gasteiger partial charge in [0.25, 0.3) is 0 Å². The minimum absolute atomic E-state index is 0.874. The molecule has 0 radical (unpaired) electrons. The van der Waals surface area contributed by atoms with E-state index >= 15 is 0 Å². The number of rotatable bonds is 5. The van der Waals surface area contributed by atoms with Crippen molar-refractivity contribution in [1.29, 1.82) is 0 Å². The first-order valence-corrected chi connectivity index (χ1v) is 17.1. The van der Waals surface area contributed by atoms with Gasteiger partial charge >= 0.3 is 0 Å². The smallest absolute Gasteiger partial charge is 0.137 e. The topological polar surface area (TPSA) is 16.4 Å². The van der Waals surface area contributed by atoms with Gasteiger partial charge in [-0.3, -0.25) is 0 Å². The third-order valence-corrected chi connectivity index (χ3v) is 10.0. The van der Waals surface area contributed by atoms with Gasteiger partial charge in [0.2, 0.25) is 0 Å². The first-order chi connectivity index (χ1) is 24.8. The van der Waals surface area contributed by atoms with Crippen molar-refractivity contribution in [2.45, 2.75) is 0 Å². The van der Waals surface area contributed by atoms with E-state index in [0.717, 1.165) is 44.6 Å². The van der Waals surface area contributed by atoms with Crippen molar-refractivity contribution >= 4 is 71.3 Å². The van der Waals surface area contributed by atoms with E-state index in [2.05, 4.69) is 181 Å². The van der Waals surface area contributed by atoms with Gasteiger partial charge in [0, 0.05) is 33.9 Å². The van der Waals surface area contributed by atoms with Gasteiger partial charge in [-0.1, -0.05) is 133 Å². The van der Waals surface area contributed by atoms with Crippen molar-refractivity contribution in [3.05, 3.63) is 188 Å². The molecule has 0 N–H and O–H groups in total. The van der Waals surface area contributed by atoms with Gasteiger partial charge < -0.3 is 9.32 Å². The van der Waals surface area contributed by atoms with Gasteiger partial charge in [-0.05, 0) is 103 Å². The highest BCUT2D eigenvalue weighted by Gasteiger charge is 2.17. The van der Waals surface area contributed by atoms with Gasteiger partial charge in [0.15, 0.2) is 0 Å². The summed E-state index contributed by atoms with van der Waals surface area (Å²) in [5, 5.41) is 9.72. The monoisotopic (exact) mass is 637 g/mol. The molecule has 234 valence electrons. The summed E-state index contributed by atoms with van der Waals surface area (Å²) in [6.07, 6.45) is 0. The molecule has 0 aliphatic heterocycles. The molecule has 0 spiro atoms. The van der Waals surface area contributed by atoms with Crippen molar-refractivity contribution in [3.8, 4) is 22.3 Å². The molecule has 0 unspecified atom stereocenters. The van der Waals surface area contributed by atoms with Crippen molar-refractivity contribution in [3.63, 3.8) is 0 Å². The van der Waals surface area contributed by atoms with Gasteiger partial charge in [-0.2, -0.15) is 0 Å². The highest BCUT2D eigenvalue weighted by Crippen LogP contribution is 2.41. The number of furan rings is 1. The van der Waals surface area contributed by atoms with Crippen LogP contribution in [0.15, 0.2) is 192 Å². The molecule has 50 heavy (non-hydrogen) atoms. The van der Waals surface area contributed by atoms with E-state index < -0.39 is 0 Å². The van der Waals surface area contributed by atoms with Crippen molar-refractivity contribution < 1.29 is 4.42 Å². The van der Waals surface area contributed by atoms with Crippen molar-refractivity contribution in [2.24, 2.45) is 0 Å². The van der Waals surface area contributed by atoms with Crippen LogP contribution in [-0.2, 0) is 0 Å². The molecule has 2 heteroatoms. The molecular formula is C48H31NO. The number of para-hydroxylation sites is 1. The third-order valence-electron chi connectivity index (χ3n) is 10.0. The van der Waals surface area contributed by atoms with Crippen LogP contribution in [0, 0.1) is 0 Å². The lowest BCUT2D eigenvalue weighted by Crippen LogP contribution is -2.10. The third kappa shape index (κ3) is 4.73. The van der Waals surface area contributed by atoms with E-state index in [0.29, 0.717) is 0 Å². The number of fused-ring (bicyclic) bond motifs is 7. The first-order valence-electron chi connectivity index (χ1n) is 17.1. The average Bonchev–Trinajstić information content (AvgIpc) is 3.56. The normalized spacial score (nSPS) is 11.6. The summed E-state index contributed by atoms with van der Waals surface area (Å²) in [4.78, 5) is 2.35. The fourth-order valence-electron chi connectivity index (χ4n) is 7.61. The Morgan fingerprint density at radius 2 is 0.860 bits per heavy atom. The van der Waals surface area contributed by atoms with Crippen LogP contribution in [-0.4, -0.2) is 0 Å². The fourth-order valence-corrected chi connectivity index (χ4v) is 7.61. The van der Waals surface area contributed by atoms with Crippen LogP contribution >= 0.6 is 0 Å². The van der Waals surface area contributed by atoms with Crippen LogP contribution in [0.3, 0.4) is 0 Å². The Hall–Kier alpha value is -6.64. The lowest BCUT2D eigenvalue weighted by atomic mass is 9.95. The Kier molecular flexibility index (Phi) is 6.53. The largest absolute Gasteiger partial charge is 0.456 e. The van der Waals surface area contributed by atoms with Crippen molar-refractivity contribution in [1.82, 2.24) is 0 Å². The molecule has 0 saturated heterocycles. The van der Waals surface area contributed by atoms with Crippen molar-refractivity contribution in [2.75, 3.05) is 4.90 Å². The fraction of sp³-hybridized carbons (Fsp3) is 0. The van der Waals surface area contributed by atoms with E-state index in [1.54, 1.807) is 0 Å². The highest BCUT2D eigenvalue weighted by molar-refractivity contribution is 6.09. The predicted molar refractivity (Wildman–Crippen MR) is 212 cm³/mol. The van der Waals surface area contributed by atoms with E-state index in [-0.39, 0.29) is 0 Å². The number of hydrogen-bond acceptors (Lipinski definition) is 2.